The highest BCUT2D eigenvalue weighted by molar-refractivity contribution is 6.16. The van der Waals surface area contributed by atoms with Crippen molar-refractivity contribution in [1.82, 2.24) is 9.88 Å². The molecule has 0 bridgehead atoms. The number of nitrogens with one attached hydrogen (secondary N) is 1. The average molecular weight is 643 g/mol. The first-order valence-electron chi connectivity index (χ1n) is 16.9. The Hall–Kier alpha value is -6.72. The van der Waals surface area contributed by atoms with Crippen LogP contribution in [0, 0.1) is 0 Å². The van der Waals surface area contributed by atoms with E-state index in [1.165, 1.54) is 21.8 Å². The van der Waals surface area contributed by atoms with Crippen molar-refractivity contribution in [3.63, 3.8) is 0 Å². The molecule has 0 fully saturated rings. The highest BCUT2D eigenvalue weighted by atomic mass is 16.3. The molecule has 0 amide bonds. The number of furan rings is 1. The molecule has 1 aliphatic rings. The van der Waals surface area contributed by atoms with Crippen LogP contribution < -0.4 is 5.32 Å². The second-order valence-electron chi connectivity index (χ2n) is 12.7. The van der Waals surface area contributed by atoms with E-state index in [1.807, 2.05) is 42.5 Å². The van der Waals surface area contributed by atoms with Gasteiger partial charge in [-0.05, 0) is 71.3 Å². The van der Waals surface area contributed by atoms with Crippen LogP contribution in [-0.2, 0) is 0 Å². The molecule has 0 saturated heterocycles. The van der Waals surface area contributed by atoms with Gasteiger partial charge in [0.1, 0.15) is 23.2 Å². The SMILES string of the molecule is c1ccc(C2=NC(c3ccccc3)NC(c3ccc4oc5ccc(-c6ccc7c8ccccc8n(-c8ccccc8)c7c6)cc5c4c3)=N2)cc1. The number of aromatic nitrogens is 1. The van der Waals surface area contributed by atoms with E-state index in [1.54, 1.807) is 0 Å². The van der Waals surface area contributed by atoms with Crippen molar-refractivity contribution < 1.29 is 4.42 Å². The standard InChI is InChI=1S/C45H30N4O/c1-4-12-29(13-5-1)43-46-44(30-14-6-2-7-15-30)48-45(47-43)33-22-25-42-38(27-33)37-26-31(21-24-41(37)50-42)32-20-23-36-35-18-10-11-19-39(35)49(40(36)28-32)34-16-8-3-9-17-34/h1-28,43H,(H,46,47,48). The smallest absolute Gasteiger partial charge is 0.159 e. The zero-order valence-corrected chi connectivity index (χ0v) is 27.0. The monoisotopic (exact) mass is 642 g/mol. The first kappa shape index (κ1) is 28.3. The number of amidine groups is 2. The van der Waals surface area contributed by atoms with E-state index in [-0.39, 0.29) is 6.17 Å². The molecule has 3 heterocycles. The average Bonchev–Trinajstić information content (AvgIpc) is 3.73. The summed E-state index contributed by atoms with van der Waals surface area (Å²) in [4.78, 5) is 10.0. The van der Waals surface area contributed by atoms with Gasteiger partial charge in [0.25, 0.3) is 0 Å². The summed E-state index contributed by atoms with van der Waals surface area (Å²) in [6, 6.07) is 59.3. The third kappa shape index (κ3) is 4.71. The van der Waals surface area contributed by atoms with E-state index < -0.39 is 0 Å². The van der Waals surface area contributed by atoms with Gasteiger partial charge in [0.15, 0.2) is 5.84 Å². The molecule has 1 atom stereocenters. The Morgan fingerprint density at radius 2 is 1.08 bits per heavy atom. The van der Waals surface area contributed by atoms with Crippen LogP contribution >= 0.6 is 0 Å². The Morgan fingerprint density at radius 1 is 0.480 bits per heavy atom. The lowest BCUT2D eigenvalue weighted by Gasteiger charge is -2.23. The number of hydrogen-bond donors (Lipinski definition) is 1. The molecular formula is C45H30N4O. The summed E-state index contributed by atoms with van der Waals surface area (Å²) < 4.78 is 8.73. The molecule has 50 heavy (non-hydrogen) atoms. The molecule has 1 unspecified atom stereocenters. The number of para-hydroxylation sites is 2. The van der Waals surface area contributed by atoms with E-state index in [2.05, 4.69) is 137 Å². The van der Waals surface area contributed by atoms with Crippen LogP contribution in [0.1, 0.15) is 22.9 Å². The number of benzene rings is 7. The second kappa shape index (κ2) is 11.5. The van der Waals surface area contributed by atoms with E-state index in [4.69, 9.17) is 14.4 Å². The Bertz CT molecular complexity index is 2780. The Labute approximate surface area is 288 Å². The quantitative estimate of drug-likeness (QED) is 0.203. The summed E-state index contributed by atoms with van der Waals surface area (Å²) in [5, 5.41) is 8.20. The zero-order valence-electron chi connectivity index (χ0n) is 27.0. The molecule has 5 nitrogen and oxygen atoms in total. The minimum absolute atomic E-state index is 0.260. The van der Waals surface area contributed by atoms with Crippen molar-refractivity contribution in [3.8, 4) is 16.8 Å². The highest BCUT2D eigenvalue weighted by Gasteiger charge is 2.22. The van der Waals surface area contributed by atoms with Gasteiger partial charge in [0, 0.05) is 38.4 Å². The molecule has 10 rings (SSSR count). The van der Waals surface area contributed by atoms with E-state index in [0.29, 0.717) is 5.84 Å². The van der Waals surface area contributed by atoms with Crippen LogP contribution in [0.2, 0.25) is 0 Å². The molecule has 1 N–H and O–H groups in total. The van der Waals surface area contributed by atoms with Crippen LogP contribution in [0.4, 0.5) is 0 Å². The Balaban J connectivity index is 1.09. The molecule has 0 saturated carbocycles. The van der Waals surface area contributed by atoms with Gasteiger partial charge in [-0.3, -0.25) is 0 Å². The molecule has 0 aliphatic carbocycles. The van der Waals surface area contributed by atoms with Crippen molar-refractivity contribution in [2.45, 2.75) is 6.17 Å². The van der Waals surface area contributed by atoms with Crippen LogP contribution in [0.15, 0.2) is 184 Å². The van der Waals surface area contributed by atoms with Gasteiger partial charge in [0.2, 0.25) is 0 Å². The number of aliphatic imine (C=N–C) groups is 2. The second-order valence-corrected chi connectivity index (χ2v) is 12.7. The molecule has 0 radical (unpaired) electrons. The van der Waals surface area contributed by atoms with E-state index >= 15 is 0 Å². The predicted molar refractivity (Wildman–Crippen MR) is 205 cm³/mol. The lowest BCUT2D eigenvalue weighted by Crippen LogP contribution is -2.33. The van der Waals surface area contributed by atoms with Crippen LogP contribution in [-0.4, -0.2) is 16.2 Å². The topological polar surface area (TPSA) is 54.8 Å². The van der Waals surface area contributed by atoms with Crippen LogP contribution in [0.3, 0.4) is 0 Å². The fourth-order valence-corrected chi connectivity index (χ4v) is 7.23. The summed E-state index contributed by atoms with van der Waals surface area (Å²) >= 11 is 0. The third-order valence-corrected chi connectivity index (χ3v) is 9.65. The van der Waals surface area contributed by atoms with Gasteiger partial charge in [-0.25, -0.2) is 9.98 Å². The Morgan fingerprint density at radius 3 is 1.86 bits per heavy atom. The van der Waals surface area contributed by atoms with E-state index in [0.717, 1.165) is 61.3 Å². The van der Waals surface area contributed by atoms with Gasteiger partial charge >= 0.3 is 0 Å². The summed E-state index contributed by atoms with van der Waals surface area (Å²) in [7, 11) is 0. The number of nitrogens with zero attached hydrogens (tertiary/aromatic N) is 3. The lowest BCUT2D eigenvalue weighted by atomic mass is 10.0. The van der Waals surface area contributed by atoms with Crippen molar-refractivity contribution >= 4 is 55.4 Å². The molecule has 1 aliphatic heterocycles. The maximum Gasteiger partial charge on any atom is 0.159 e. The van der Waals surface area contributed by atoms with Crippen molar-refractivity contribution in [3.05, 3.63) is 187 Å². The van der Waals surface area contributed by atoms with Crippen LogP contribution in [0.25, 0.3) is 60.6 Å². The van der Waals surface area contributed by atoms with Gasteiger partial charge in [-0.2, -0.15) is 0 Å². The minimum Gasteiger partial charge on any atom is -0.456 e. The number of hydrogen-bond acceptors (Lipinski definition) is 4. The molecule has 0 spiro atoms. The molecule has 236 valence electrons. The maximum absolute atomic E-state index is 6.37. The van der Waals surface area contributed by atoms with Crippen molar-refractivity contribution in [2.75, 3.05) is 0 Å². The van der Waals surface area contributed by atoms with Crippen molar-refractivity contribution in [2.24, 2.45) is 9.98 Å². The first-order valence-corrected chi connectivity index (χ1v) is 16.9. The largest absolute Gasteiger partial charge is 0.456 e. The van der Waals surface area contributed by atoms with Gasteiger partial charge in [0.05, 0.1) is 11.0 Å². The van der Waals surface area contributed by atoms with Gasteiger partial charge in [-0.15, -0.1) is 0 Å². The molecule has 7 aromatic carbocycles. The molecule has 2 aromatic heterocycles. The minimum atomic E-state index is -0.260. The molecule has 5 heteroatoms. The fourth-order valence-electron chi connectivity index (χ4n) is 7.23. The summed E-state index contributed by atoms with van der Waals surface area (Å²) in [6.45, 7) is 0. The predicted octanol–water partition coefficient (Wildman–Crippen LogP) is 10.8. The number of fused-ring (bicyclic) bond motifs is 6. The van der Waals surface area contributed by atoms with E-state index in [9.17, 15) is 0 Å². The normalized spacial score (nSPS) is 14.6. The van der Waals surface area contributed by atoms with Gasteiger partial charge < -0.3 is 14.3 Å². The lowest BCUT2D eigenvalue weighted by molar-refractivity contribution is 0.668. The summed E-state index contributed by atoms with van der Waals surface area (Å²) in [5.41, 5.74) is 10.5. The van der Waals surface area contributed by atoms with Crippen LogP contribution in [0.5, 0.6) is 0 Å². The maximum atomic E-state index is 6.37. The summed E-state index contributed by atoms with van der Waals surface area (Å²) in [6.07, 6.45) is -0.260. The number of rotatable bonds is 5. The highest BCUT2D eigenvalue weighted by Crippen LogP contribution is 2.37. The Kier molecular flexibility index (Phi) is 6.49. The third-order valence-electron chi connectivity index (χ3n) is 9.65. The summed E-state index contributed by atoms with van der Waals surface area (Å²) in [5.74, 6) is 1.48. The molecular weight excluding hydrogens is 613 g/mol. The first-order chi connectivity index (χ1) is 24.8. The van der Waals surface area contributed by atoms with Crippen molar-refractivity contribution in [1.29, 1.82) is 0 Å². The molecule has 9 aromatic rings. The fraction of sp³-hybridized carbons (Fsp3) is 0.0222. The van der Waals surface area contributed by atoms with Gasteiger partial charge in [-0.1, -0.05) is 115 Å². The zero-order chi connectivity index (χ0) is 33.0.